The number of carbonyl (C=O) groups excluding carboxylic acids is 2. The Labute approximate surface area is 211 Å². The standard InChI is InChI=1S/C29H35N3O4/c1-3-36-26(34)11-10-25(33)27-28(35)32(24-9-5-4-8-23(24)30-27)18(2)15-19-7-6-14-31(19)17-20-21-16-22(20)29(21)12-13-29/h4-5,8-9,17-19,21-22H,3,6-7,10-16H2,1-2H3/t18-,19-,21?,22?/m0/s1. The molecule has 7 rings (SSSR count). The van der Waals surface area contributed by atoms with Crippen molar-refractivity contribution in [1.29, 1.82) is 0 Å². The second-order valence-corrected chi connectivity index (χ2v) is 11.2. The summed E-state index contributed by atoms with van der Waals surface area (Å²) >= 11 is 0. The average Bonchev–Trinajstić information content (AvgIpc) is 3.58. The summed E-state index contributed by atoms with van der Waals surface area (Å²) in [6.07, 6.45) is 9.72. The Balaban J connectivity index is 1.23. The summed E-state index contributed by atoms with van der Waals surface area (Å²) in [6, 6.07) is 7.81. The minimum atomic E-state index is -0.438. The molecule has 4 saturated carbocycles. The first-order valence-corrected chi connectivity index (χ1v) is 13.6. The molecule has 1 spiro atoms. The smallest absolute Gasteiger partial charge is 0.306 e. The molecule has 1 saturated heterocycles. The zero-order chi connectivity index (χ0) is 25.0. The van der Waals surface area contributed by atoms with Crippen molar-refractivity contribution in [2.75, 3.05) is 13.2 Å². The zero-order valence-electron chi connectivity index (χ0n) is 21.2. The molecule has 4 aliphatic carbocycles. The number of likely N-dealkylation sites (tertiary alicyclic amines) is 1. The van der Waals surface area contributed by atoms with E-state index in [0.29, 0.717) is 17.0 Å². The summed E-state index contributed by atoms with van der Waals surface area (Å²) in [5, 5.41) is 0. The van der Waals surface area contributed by atoms with E-state index in [0.717, 1.165) is 36.7 Å². The van der Waals surface area contributed by atoms with Gasteiger partial charge in [-0.25, -0.2) is 4.98 Å². The van der Waals surface area contributed by atoms with E-state index in [1.54, 1.807) is 17.1 Å². The maximum atomic E-state index is 13.6. The average molecular weight is 490 g/mol. The fourth-order valence-corrected chi connectivity index (χ4v) is 7.04. The second kappa shape index (κ2) is 8.86. The minimum absolute atomic E-state index is 0.0504. The molecular formula is C29H35N3O4. The van der Waals surface area contributed by atoms with Gasteiger partial charge >= 0.3 is 5.97 Å². The first kappa shape index (κ1) is 23.4. The Morgan fingerprint density at radius 1 is 1.22 bits per heavy atom. The van der Waals surface area contributed by atoms with Gasteiger partial charge in [-0.15, -0.1) is 0 Å². The molecular weight excluding hydrogens is 454 g/mol. The predicted molar refractivity (Wildman–Crippen MR) is 137 cm³/mol. The predicted octanol–water partition coefficient (Wildman–Crippen LogP) is 4.65. The summed E-state index contributed by atoms with van der Waals surface area (Å²) in [4.78, 5) is 45.2. The summed E-state index contributed by atoms with van der Waals surface area (Å²) in [7, 11) is 0. The normalized spacial score (nSPS) is 25.9. The van der Waals surface area contributed by atoms with Gasteiger partial charge in [0, 0.05) is 25.0 Å². The highest BCUT2D eigenvalue weighted by Crippen LogP contribution is 2.82. The summed E-state index contributed by atoms with van der Waals surface area (Å²) in [6.45, 7) is 5.15. The van der Waals surface area contributed by atoms with Crippen LogP contribution in [0.15, 0.2) is 40.8 Å². The van der Waals surface area contributed by atoms with Crippen LogP contribution in [-0.4, -0.2) is 45.4 Å². The maximum absolute atomic E-state index is 13.6. The van der Waals surface area contributed by atoms with Gasteiger partial charge in [0.1, 0.15) is 0 Å². The fourth-order valence-electron chi connectivity index (χ4n) is 7.04. The van der Waals surface area contributed by atoms with E-state index in [1.165, 1.54) is 25.7 Å². The SMILES string of the molecule is CCOC(=O)CCC(=O)c1nc2ccccc2n([C@@H](C)C[C@@H]2CCCN2C=C2C3CC2C32CC2)c1=O. The van der Waals surface area contributed by atoms with Crippen LogP contribution in [0.25, 0.3) is 11.0 Å². The number of esters is 1. The third kappa shape index (κ3) is 3.70. The summed E-state index contributed by atoms with van der Waals surface area (Å²) in [5.41, 5.74) is 3.31. The third-order valence-electron chi connectivity index (χ3n) is 9.20. The number of hydrogen-bond acceptors (Lipinski definition) is 6. The highest BCUT2D eigenvalue weighted by atomic mass is 16.5. The van der Waals surface area contributed by atoms with Crippen LogP contribution in [0.4, 0.5) is 0 Å². The molecule has 190 valence electrons. The maximum Gasteiger partial charge on any atom is 0.306 e. The van der Waals surface area contributed by atoms with Gasteiger partial charge in [0.05, 0.1) is 24.1 Å². The largest absolute Gasteiger partial charge is 0.466 e. The molecule has 36 heavy (non-hydrogen) atoms. The molecule has 5 aliphatic rings. The topological polar surface area (TPSA) is 81.5 Å². The third-order valence-corrected chi connectivity index (χ3v) is 9.20. The van der Waals surface area contributed by atoms with E-state index in [-0.39, 0.29) is 36.7 Å². The molecule has 4 atom stereocenters. The highest BCUT2D eigenvalue weighted by Gasteiger charge is 2.73. The number of hydrogen-bond donors (Lipinski definition) is 0. The second-order valence-electron chi connectivity index (χ2n) is 11.2. The zero-order valence-corrected chi connectivity index (χ0v) is 21.2. The Morgan fingerprint density at radius 3 is 2.72 bits per heavy atom. The number of nitrogens with zero attached hydrogens (tertiary/aromatic N) is 3. The highest BCUT2D eigenvalue weighted by molar-refractivity contribution is 5.97. The number of para-hydroxylation sites is 2. The number of aromatic nitrogens is 2. The molecule has 1 aromatic carbocycles. The van der Waals surface area contributed by atoms with Crippen LogP contribution in [0.5, 0.6) is 0 Å². The van der Waals surface area contributed by atoms with Crippen LogP contribution >= 0.6 is 0 Å². The Bertz CT molecular complexity index is 1290. The molecule has 0 radical (unpaired) electrons. The van der Waals surface area contributed by atoms with Crippen molar-refractivity contribution in [2.24, 2.45) is 17.3 Å². The molecule has 0 amide bonds. The lowest BCUT2D eigenvalue weighted by molar-refractivity contribution is -0.143. The first-order valence-electron chi connectivity index (χ1n) is 13.6. The quantitative estimate of drug-likeness (QED) is 0.377. The van der Waals surface area contributed by atoms with Crippen molar-refractivity contribution in [2.45, 2.75) is 77.3 Å². The van der Waals surface area contributed by atoms with Crippen molar-refractivity contribution < 1.29 is 14.3 Å². The number of ether oxygens (including phenoxy) is 1. The lowest BCUT2D eigenvalue weighted by Crippen LogP contribution is -2.55. The molecule has 5 fully saturated rings. The van der Waals surface area contributed by atoms with Gasteiger partial charge in [-0.3, -0.25) is 14.4 Å². The van der Waals surface area contributed by atoms with Gasteiger partial charge < -0.3 is 14.2 Å². The lowest BCUT2D eigenvalue weighted by Gasteiger charge is -2.62. The number of ketones is 1. The van der Waals surface area contributed by atoms with Gasteiger partial charge in [-0.2, -0.15) is 0 Å². The van der Waals surface area contributed by atoms with Crippen molar-refractivity contribution in [3.63, 3.8) is 0 Å². The number of rotatable bonds is 9. The van der Waals surface area contributed by atoms with Crippen molar-refractivity contribution in [3.8, 4) is 0 Å². The van der Waals surface area contributed by atoms with E-state index in [2.05, 4.69) is 23.0 Å². The van der Waals surface area contributed by atoms with Gasteiger partial charge in [0.2, 0.25) is 0 Å². The fraction of sp³-hybridized carbons (Fsp3) is 0.586. The van der Waals surface area contributed by atoms with E-state index in [1.807, 2.05) is 24.3 Å². The van der Waals surface area contributed by atoms with Gasteiger partial charge in [0.25, 0.3) is 5.56 Å². The van der Waals surface area contributed by atoms with Crippen LogP contribution in [0.1, 0.15) is 81.7 Å². The number of benzene rings is 1. The van der Waals surface area contributed by atoms with Crippen LogP contribution in [0.3, 0.4) is 0 Å². The van der Waals surface area contributed by atoms with E-state index >= 15 is 0 Å². The number of Topliss-reactive ketones (excluding diaryl/α,β-unsaturated/α-hetero) is 1. The van der Waals surface area contributed by atoms with Crippen LogP contribution in [0.2, 0.25) is 0 Å². The number of fused-ring (bicyclic) bond motifs is 1. The molecule has 7 heteroatoms. The van der Waals surface area contributed by atoms with E-state index in [9.17, 15) is 14.4 Å². The van der Waals surface area contributed by atoms with Crippen LogP contribution < -0.4 is 5.56 Å². The Kier molecular flexibility index (Phi) is 5.77. The minimum Gasteiger partial charge on any atom is -0.466 e. The van der Waals surface area contributed by atoms with Crippen LogP contribution in [0, 0.1) is 17.3 Å². The first-order chi connectivity index (χ1) is 17.4. The van der Waals surface area contributed by atoms with Gasteiger partial charge in [-0.05, 0) is 93.5 Å². The molecule has 2 aromatic rings. The van der Waals surface area contributed by atoms with Crippen molar-refractivity contribution >= 4 is 22.8 Å². The van der Waals surface area contributed by atoms with E-state index < -0.39 is 11.8 Å². The van der Waals surface area contributed by atoms with Crippen molar-refractivity contribution in [1.82, 2.24) is 14.5 Å². The molecule has 1 aliphatic heterocycles. The molecule has 7 nitrogen and oxygen atoms in total. The molecule has 2 unspecified atom stereocenters. The van der Waals surface area contributed by atoms with E-state index in [4.69, 9.17) is 4.74 Å². The summed E-state index contributed by atoms with van der Waals surface area (Å²) in [5.74, 6) is 0.838. The Morgan fingerprint density at radius 2 is 2.00 bits per heavy atom. The number of allylic oxidation sites excluding steroid dienone is 1. The molecule has 2 heterocycles. The Hall–Kier alpha value is -2.96. The van der Waals surface area contributed by atoms with Gasteiger partial charge in [0.15, 0.2) is 11.5 Å². The molecule has 2 bridgehead atoms. The van der Waals surface area contributed by atoms with Crippen molar-refractivity contribution in [3.05, 3.63) is 52.1 Å². The summed E-state index contributed by atoms with van der Waals surface area (Å²) < 4.78 is 6.69. The number of carbonyl (C=O) groups is 2. The molecule has 0 N–H and O–H groups in total. The molecule has 1 aromatic heterocycles. The monoisotopic (exact) mass is 489 g/mol. The van der Waals surface area contributed by atoms with Crippen LogP contribution in [-0.2, 0) is 9.53 Å². The van der Waals surface area contributed by atoms with Gasteiger partial charge in [-0.1, -0.05) is 12.1 Å². The lowest BCUT2D eigenvalue weighted by atomic mass is 9.42.